The van der Waals surface area contributed by atoms with Crippen LogP contribution in [-0.4, -0.2) is 44.6 Å². The maximum absolute atomic E-state index is 5.81. The third-order valence-electron chi connectivity index (χ3n) is 3.98. The van der Waals surface area contributed by atoms with Crippen molar-refractivity contribution in [2.24, 2.45) is 5.92 Å². The second-order valence-corrected chi connectivity index (χ2v) is 6.66. The number of likely N-dealkylation sites (N-methyl/N-ethyl adjacent to an activating group) is 1. The van der Waals surface area contributed by atoms with Crippen LogP contribution in [0.4, 0.5) is 0 Å². The van der Waals surface area contributed by atoms with Crippen LogP contribution in [0.15, 0.2) is 30.3 Å². The van der Waals surface area contributed by atoms with Crippen LogP contribution in [-0.2, 0) is 4.74 Å². The average Bonchev–Trinajstić information content (AvgIpc) is 2.38. The Morgan fingerprint density at radius 3 is 2.71 bits per heavy atom. The number of hydrogen-bond donors (Lipinski definition) is 0. The van der Waals surface area contributed by atoms with Crippen molar-refractivity contribution in [3.63, 3.8) is 0 Å². The summed E-state index contributed by atoms with van der Waals surface area (Å²) in [5, 5.41) is 0. The van der Waals surface area contributed by atoms with E-state index in [0.717, 1.165) is 30.1 Å². The van der Waals surface area contributed by atoms with Gasteiger partial charge in [-0.1, -0.05) is 19.1 Å². The summed E-state index contributed by atoms with van der Waals surface area (Å²) in [7, 11) is 4.03. The molecule has 0 amide bonds. The molecule has 1 aromatic carbocycles. The molecule has 1 aliphatic rings. The van der Waals surface area contributed by atoms with Gasteiger partial charge in [-0.3, -0.25) is 4.48 Å². The summed E-state index contributed by atoms with van der Waals surface area (Å²) in [6.07, 6.45) is 2.57. The molecule has 1 aliphatic heterocycles. The van der Waals surface area contributed by atoms with Crippen LogP contribution in [0.5, 0.6) is 5.75 Å². The van der Waals surface area contributed by atoms with E-state index in [-0.39, 0.29) is 6.10 Å². The molecule has 3 nitrogen and oxygen atoms in total. The second-order valence-electron chi connectivity index (χ2n) is 6.66. The molecular weight excluding hydrogens is 262 g/mol. The van der Waals surface area contributed by atoms with Gasteiger partial charge in [-0.25, -0.2) is 0 Å². The predicted octanol–water partition coefficient (Wildman–Crippen LogP) is 3.56. The van der Waals surface area contributed by atoms with E-state index in [9.17, 15) is 0 Å². The van der Waals surface area contributed by atoms with Crippen LogP contribution in [0.2, 0.25) is 0 Å². The van der Waals surface area contributed by atoms with Gasteiger partial charge in [0.05, 0.1) is 26.2 Å². The third-order valence-corrected chi connectivity index (χ3v) is 3.98. The van der Waals surface area contributed by atoms with Gasteiger partial charge in [0.15, 0.2) is 6.73 Å². The van der Waals surface area contributed by atoms with E-state index in [4.69, 9.17) is 9.47 Å². The number of nitrogens with zero attached hydrogens (tertiary/aromatic N) is 1. The molecule has 2 unspecified atom stereocenters. The van der Waals surface area contributed by atoms with Crippen LogP contribution in [0.25, 0.3) is 5.57 Å². The highest BCUT2D eigenvalue weighted by molar-refractivity contribution is 5.68. The molecule has 1 aromatic rings. The van der Waals surface area contributed by atoms with Gasteiger partial charge in [-0.2, -0.15) is 0 Å². The molecule has 116 valence electrons. The minimum atomic E-state index is 0.208. The molecule has 3 heteroatoms. The molecule has 0 bridgehead atoms. The highest BCUT2D eigenvalue weighted by Crippen LogP contribution is 2.31. The van der Waals surface area contributed by atoms with Crippen LogP contribution in [0.3, 0.4) is 0 Å². The molecule has 2 rings (SSSR count). The lowest BCUT2D eigenvalue weighted by molar-refractivity contribution is -0.925. The normalized spacial score (nSPS) is 25.8. The number of methoxy groups -OCH3 is 1. The molecule has 1 heterocycles. The van der Waals surface area contributed by atoms with Gasteiger partial charge in [-0.15, -0.1) is 0 Å². The molecule has 0 aromatic heterocycles. The summed E-state index contributed by atoms with van der Waals surface area (Å²) in [4.78, 5) is 0. The predicted molar refractivity (Wildman–Crippen MR) is 87.1 cm³/mol. The Hall–Kier alpha value is -1.32. The van der Waals surface area contributed by atoms with Crippen molar-refractivity contribution < 1.29 is 14.0 Å². The Morgan fingerprint density at radius 1 is 1.33 bits per heavy atom. The van der Waals surface area contributed by atoms with Gasteiger partial charge in [0, 0.05) is 13.0 Å². The summed E-state index contributed by atoms with van der Waals surface area (Å²) in [5.41, 5.74) is 2.71. The summed E-state index contributed by atoms with van der Waals surface area (Å²) < 4.78 is 12.1. The van der Waals surface area contributed by atoms with Gasteiger partial charge in [0.1, 0.15) is 5.75 Å². The Labute approximate surface area is 128 Å². The fraction of sp³-hybridized carbons (Fsp3) is 0.556. The molecule has 2 atom stereocenters. The highest BCUT2D eigenvalue weighted by Gasteiger charge is 2.30. The van der Waals surface area contributed by atoms with Crippen LogP contribution >= 0.6 is 0 Å². The monoisotopic (exact) mass is 290 g/mol. The van der Waals surface area contributed by atoms with Crippen molar-refractivity contribution in [3.8, 4) is 5.75 Å². The maximum atomic E-state index is 5.81. The van der Waals surface area contributed by atoms with Crippen molar-refractivity contribution in [2.45, 2.75) is 26.9 Å². The van der Waals surface area contributed by atoms with Crippen molar-refractivity contribution in [2.75, 3.05) is 34.0 Å². The van der Waals surface area contributed by atoms with E-state index in [2.05, 4.69) is 52.1 Å². The number of benzene rings is 1. The number of quaternary nitrogens is 1. The van der Waals surface area contributed by atoms with Gasteiger partial charge in [0.2, 0.25) is 0 Å². The molecule has 0 spiro atoms. The third kappa shape index (κ3) is 4.08. The lowest BCUT2D eigenvalue weighted by atomic mass is 9.89. The Balaban J connectivity index is 2.20. The van der Waals surface area contributed by atoms with Crippen molar-refractivity contribution in [1.82, 2.24) is 0 Å². The summed E-state index contributed by atoms with van der Waals surface area (Å²) in [5.74, 6) is 1.48. The van der Waals surface area contributed by atoms with Crippen LogP contribution in [0.1, 0.15) is 26.3 Å². The minimum absolute atomic E-state index is 0.208. The zero-order valence-electron chi connectivity index (χ0n) is 13.9. The first-order valence-corrected chi connectivity index (χ1v) is 7.73. The van der Waals surface area contributed by atoms with E-state index >= 15 is 0 Å². The van der Waals surface area contributed by atoms with E-state index in [0.29, 0.717) is 5.92 Å². The van der Waals surface area contributed by atoms with Crippen LogP contribution < -0.4 is 4.74 Å². The zero-order chi connectivity index (χ0) is 15.5. The summed E-state index contributed by atoms with van der Waals surface area (Å²) in [6, 6.07) is 8.46. The molecule has 0 saturated carbocycles. The molecular formula is C18H28NO2+. The van der Waals surface area contributed by atoms with Crippen molar-refractivity contribution >= 4 is 5.57 Å². The first kappa shape index (κ1) is 16.1. The largest absolute Gasteiger partial charge is 0.491 e. The highest BCUT2D eigenvalue weighted by atomic mass is 16.5. The minimum Gasteiger partial charge on any atom is -0.491 e. The van der Waals surface area contributed by atoms with Crippen molar-refractivity contribution in [1.29, 1.82) is 0 Å². The Kier molecular flexibility index (Phi) is 5.07. The first-order valence-electron chi connectivity index (χ1n) is 7.73. The van der Waals surface area contributed by atoms with Gasteiger partial charge in [-0.05, 0) is 43.2 Å². The fourth-order valence-corrected chi connectivity index (χ4v) is 3.19. The second kappa shape index (κ2) is 6.63. The van der Waals surface area contributed by atoms with Gasteiger partial charge >= 0.3 is 0 Å². The molecule has 0 fully saturated rings. The van der Waals surface area contributed by atoms with E-state index < -0.39 is 0 Å². The smallest absolute Gasteiger partial charge is 0.182 e. The maximum Gasteiger partial charge on any atom is 0.182 e. The quantitative estimate of drug-likeness (QED) is 0.772. The van der Waals surface area contributed by atoms with Gasteiger partial charge in [0.25, 0.3) is 0 Å². The lowest BCUT2D eigenvalue weighted by Crippen LogP contribution is -2.50. The molecule has 21 heavy (non-hydrogen) atoms. The summed E-state index contributed by atoms with van der Waals surface area (Å²) in [6.45, 7) is 9.31. The lowest BCUT2D eigenvalue weighted by Gasteiger charge is -2.39. The standard InChI is InChI=1S/C18H28NO2/c1-14(2)21-17-8-6-7-16(11-17)18-9-10-19(4,13-20-5)12-15(18)3/h6-9,11,14-15H,10,12-13H2,1-5H3/q+1. The zero-order valence-corrected chi connectivity index (χ0v) is 13.9. The average molecular weight is 290 g/mol. The number of hydrogen-bond acceptors (Lipinski definition) is 2. The first-order chi connectivity index (χ1) is 9.93. The number of rotatable bonds is 5. The fourth-order valence-electron chi connectivity index (χ4n) is 3.19. The molecule has 0 saturated heterocycles. The Bertz CT molecular complexity index is 510. The molecule has 0 aliphatic carbocycles. The van der Waals surface area contributed by atoms with E-state index in [1.807, 2.05) is 6.07 Å². The van der Waals surface area contributed by atoms with E-state index in [1.54, 1.807) is 7.11 Å². The van der Waals surface area contributed by atoms with Crippen LogP contribution in [0, 0.1) is 5.92 Å². The Morgan fingerprint density at radius 2 is 2.10 bits per heavy atom. The van der Waals surface area contributed by atoms with E-state index in [1.165, 1.54) is 11.1 Å². The molecule has 0 N–H and O–H groups in total. The van der Waals surface area contributed by atoms with Crippen molar-refractivity contribution in [3.05, 3.63) is 35.9 Å². The molecule has 0 radical (unpaired) electrons. The number of ether oxygens (including phenoxy) is 2. The topological polar surface area (TPSA) is 18.5 Å². The summed E-state index contributed by atoms with van der Waals surface area (Å²) >= 11 is 0. The van der Waals surface area contributed by atoms with Gasteiger partial charge < -0.3 is 9.47 Å². The SMILES string of the molecule is COC[N+]1(C)CC=C(c2cccc(OC(C)C)c2)C(C)C1.